The first-order valence-corrected chi connectivity index (χ1v) is 8.54. The van der Waals surface area contributed by atoms with Crippen LogP contribution in [0, 0.1) is 5.92 Å². The summed E-state index contributed by atoms with van der Waals surface area (Å²) < 4.78 is 0. The van der Waals surface area contributed by atoms with Crippen molar-refractivity contribution in [2.75, 3.05) is 19.6 Å². The number of likely N-dealkylation sites (tertiary alicyclic amines) is 1. The van der Waals surface area contributed by atoms with Gasteiger partial charge in [0.15, 0.2) is 0 Å². The lowest BCUT2D eigenvalue weighted by Crippen LogP contribution is -2.38. The SMILES string of the molecule is CC(=O)N1CC[C@@H](NC[C@@H](C(=O)C(C)C)c2ccc(Cl)cc2)C1. The zero-order valence-electron chi connectivity index (χ0n) is 14.0. The van der Waals surface area contributed by atoms with Crippen molar-refractivity contribution in [2.45, 2.75) is 39.2 Å². The van der Waals surface area contributed by atoms with Gasteiger partial charge in [-0.1, -0.05) is 37.6 Å². The van der Waals surface area contributed by atoms with Crippen LogP contribution in [-0.4, -0.2) is 42.3 Å². The number of ketones is 1. The van der Waals surface area contributed by atoms with E-state index in [0.717, 1.165) is 25.1 Å². The van der Waals surface area contributed by atoms with Crippen LogP contribution < -0.4 is 5.32 Å². The first-order valence-electron chi connectivity index (χ1n) is 8.16. The Bertz CT molecular complexity index is 557. The van der Waals surface area contributed by atoms with Crippen molar-refractivity contribution < 1.29 is 9.59 Å². The maximum Gasteiger partial charge on any atom is 0.219 e. The molecule has 2 rings (SSSR count). The van der Waals surface area contributed by atoms with E-state index in [-0.39, 0.29) is 29.6 Å². The summed E-state index contributed by atoms with van der Waals surface area (Å²) in [5, 5.41) is 4.14. The highest BCUT2D eigenvalue weighted by atomic mass is 35.5. The summed E-state index contributed by atoms with van der Waals surface area (Å²) in [5.74, 6) is 0.136. The molecule has 1 saturated heterocycles. The van der Waals surface area contributed by atoms with Gasteiger partial charge in [-0.25, -0.2) is 0 Å². The second kappa shape index (κ2) is 7.93. The van der Waals surface area contributed by atoms with Crippen LogP contribution in [0.3, 0.4) is 0 Å². The van der Waals surface area contributed by atoms with Gasteiger partial charge in [-0.15, -0.1) is 0 Å². The van der Waals surface area contributed by atoms with Crippen molar-refractivity contribution in [3.63, 3.8) is 0 Å². The summed E-state index contributed by atoms with van der Waals surface area (Å²) in [4.78, 5) is 25.8. The Morgan fingerprint density at radius 2 is 1.96 bits per heavy atom. The van der Waals surface area contributed by atoms with Gasteiger partial charge in [0, 0.05) is 43.5 Å². The number of carbonyl (C=O) groups is 2. The molecule has 1 fully saturated rings. The standard InChI is InChI=1S/C18H25ClN2O2/c1-12(2)18(23)17(14-4-6-15(19)7-5-14)10-20-16-8-9-21(11-16)13(3)22/h4-7,12,16-17,20H,8-11H2,1-3H3/t16-,17-/m1/s1. The summed E-state index contributed by atoms with van der Waals surface area (Å²) in [7, 11) is 0. The molecule has 0 radical (unpaired) electrons. The van der Waals surface area contributed by atoms with E-state index in [4.69, 9.17) is 11.6 Å². The zero-order chi connectivity index (χ0) is 17.0. The van der Waals surface area contributed by atoms with Gasteiger partial charge in [-0.05, 0) is 24.1 Å². The Morgan fingerprint density at radius 3 is 2.48 bits per heavy atom. The molecular formula is C18H25ClN2O2. The van der Waals surface area contributed by atoms with E-state index in [1.807, 2.05) is 43.0 Å². The fourth-order valence-corrected chi connectivity index (χ4v) is 3.10. The summed E-state index contributed by atoms with van der Waals surface area (Å²) >= 11 is 5.95. The minimum absolute atomic E-state index is 0.0187. The zero-order valence-corrected chi connectivity index (χ0v) is 14.8. The number of benzene rings is 1. The Labute approximate surface area is 143 Å². The maximum absolute atomic E-state index is 12.6. The monoisotopic (exact) mass is 336 g/mol. The number of halogens is 1. The molecule has 1 heterocycles. The van der Waals surface area contributed by atoms with Crippen LogP contribution in [0.1, 0.15) is 38.7 Å². The number of amides is 1. The fourth-order valence-electron chi connectivity index (χ4n) is 2.98. The van der Waals surface area contributed by atoms with E-state index < -0.39 is 0 Å². The molecule has 2 atom stereocenters. The number of hydrogen-bond donors (Lipinski definition) is 1. The first kappa shape index (κ1) is 18.0. The van der Waals surface area contributed by atoms with Gasteiger partial charge >= 0.3 is 0 Å². The highest BCUT2D eigenvalue weighted by Gasteiger charge is 2.27. The third-order valence-electron chi connectivity index (χ3n) is 4.43. The van der Waals surface area contributed by atoms with Gasteiger partial charge in [0.25, 0.3) is 0 Å². The predicted molar refractivity (Wildman–Crippen MR) is 92.7 cm³/mol. The fraction of sp³-hybridized carbons (Fsp3) is 0.556. The minimum Gasteiger partial charge on any atom is -0.341 e. The molecule has 1 aliphatic rings. The number of nitrogens with zero attached hydrogens (tertiary/aromatic N) is 1. The highest BCUT2D eigenvalue weighted by molar-refractivity contribution is 6.30. The largest absolute Gasteiger partial charge is 0.341 e. The number of nitrogens with one attached hydrogen (secondary N) is 1. The third-order valence-corrected chi connectivity index (χ3v) is 4.68. The number of rotatable bonds is 6. The lowest BCUT2D eigenvalue weighted by atomic mass is 9.88. The van der Waals surface area contributed by atoms with Gasteiger partial charge < -0.3 is 10.2 Å². The predicted octanol–water partition coefficient (Wildman–Crippen LogP) is 2.86. The normalized spacial score (nSPS) is 19.2. The third kappa shape index (κ3) is 4.79. The average Bonchev–Trinajstić information content (AvgIpc) is 2.98. The summed E-state index contributed by atoms with van der Waals surface area (Å²) in [6, 6.07) is 7.75. The molecule has 4 nitrogen and oxygen atoms in total. The number of carbonyl (C=O) groups excluding carboxylic acids is 2. The lowest BCUT2D eigenvalue weighted by Gasteiger charge is -2.22. The van der Waals surface area contributed by atoms with E-state index in [1.54, 1.807) is 6.92 Å². The number of Topliss-reactive ketones (excluding diaryl/α,β-unsaturated/α-hetero) is 1. The highest BCUT2D eigenvalue weighted by Crippen LogP contribution is 2.22. The van der Waals surface area contributed by atoms with Crippen molar-refractivity contribution in [1.82, 2.24) is 10.2 Å². The van der Waals surface area contributed by atoms with Crippen molar-refractivity contribution in [3.8, 4) is 0 Å². The van der Waals surface area contributed by atoms with Crippen molar-refractivity contribution in [3.05, 3.63) is 34.9 Å². The van der Waals surface area contributed by atoms with Crippen molar-refractivity contribution in [2.24, 2.45) is 5.92 Å². The topological polar surface area (TPSA) is 49.4 Å². The van der Waals surface area contributed by atoms with Crippen LogP contribution in [-0.2, 0) is 9.59 Å². The van der Waals surface area contributed by atoms with E-state index in [0.29, 0.717) is 11.6 Å². The Balaban J connectivity index is 2.02. The number of hydrogen-bond acceptors (Lipinski definition) is 3. The quantitative estimate of drug-likeness (QED) is 0.869. The molecule has 0 bridgehead atoms. The van der Waals surface area contributed by atoms with Crippen LogP contribution in [0.25, 0.3) is 0 Å². The van der Waals surface area contributed by atoms with E-state index >= 15 is 0 Å². The second-order valence-corrected chi connectivity index (χ2v) is 6.96. The minimum atomic E-state index is -0.182. The molecule has 0 unspecified atom stereocenters. The first-order chi connectivity index (χ1) is 10.9. The van der Waals surface area contributed by atoms with Crippen LogP contribution in [0.4, 0.5) is 0 Å². The van der Waals surface area contributed by atoms with Crippen LogP contribution in [0.2, 0.25) is 5.02 Å². The van der Waals surface area contributed by atoms with Gasteiger partial charge in [-0.2, -0.15) is 0 Å². The van der Waals surface area contributed by atoms with Crippen LogP contribution in [0.5, 0.6) is 0 Å². The molecule has 126 valence electrons. The maximum atomic E-state index is 12.6. The summed E-state index contributed by atoms with van der Waals surface area (Å²) in [6.07, 6.45) is 0.933. The van der Waals surface area contributed by atoms with Gasteiger partial charge in [0.1, 0.15) is 5.78 Å². The van der Waals surface area contributed by atoms with Gasteiger partial charge in [0.05, 0.1) is 5.92 Å². The molecule has 1 N–H and O–H groups in total. The molecule has 1 amide bonds. The Morgan fingerprint density at radius 1 is 1.30 bits per heavy atom. The van der Waals surface area contributed by atoms with Crippen LogP contribution >= 0.6 is 11.6 Å². The Hall–Kier alpha value is -1.39. The summed E-state index contributed by atoms with van der Waals surface area (Å²) in [6.45, 7) is 7.56. The van der Waals surface area contributed by atoms with Crippen LogP contribution in [0.15, 0.2) is 24.3 Å². The van der Waals surface area contributed by atoms with E-state index in [1.165, 1.54) is 0 Å². The molecule has 0 saturated carbocycles. The summed E-state index contributed by atoms with van der Waals surface area (Å²) in [5.41, 5.74) is 0.988. The van der Waals surface area contributed by atoms with Gasteiger partial charge in [0.2, 0.25) is 5.91 Å². The second-order valence-electron chi connectivity index (χ2n) is 6.52. The molecule has 0 aromatic heterocycles. The van der Waals surface area contributed by atoms with Crippen molar-refractivity contribution >= 4 is 23.3 Å². The molecule has 0 aliphatic carbocycles. The molecule has 5 heteroatoms. The van der Waals surface area contributed by atoms with E-state index in [2.05, 4.69) is 5.32 Å². The smallest absolute Gasteiger partial charge is 0.219 e. The molecular weight excluding hydrogens is 312 g/mol. The molecule has 23 heavy (non-hydrogen) atoms. The molecule has 1 aromatic carbocycles. The lowest BCUT2D eigenvalue weighted by molar-refractivity contribution is -0.128. The molecule has 1 aliphatic heterocycles. The van der Waals surface area contributed by atoms with Gasteiger partial charge in [-0.3, -0.25) is 9.59 Å². The average molecular weight is 337 g/mol. The molecule has 1 aromatic rings. The van der Waals surface area contributed by atoms with Crippen molar-refractivity contribution in [1.29, 1.82) is 0 Å². The molecule has 0 spiro atoms. The van der Waals surface area contributed by atoms with E-state index in [9.17, 15) is 9.59 Å². The Kier molecular flexibility index (Phi) is 6.19.